The number of hydrogen-bond acceptors (Lipinski definition) is 4. The molecule has 0 radical (unpaired) electrons. The molecule has 1 saturated heterocycles. The van der Waals surface area contributed by atoms with Crippen molar-refractivity contribution in [2.24, 2.45) is 0 Å². The third-order valence-electron chi connectivity index (χ3n) is 3.83. The Labute approximate surface area is 130 Å². The lowest BCUT2D eigenvalue weighted by Crippen LogP contribution is -2.46. The van der Waals surface area contributed by atoms with E-state index in [1.807, 2.05) is 6.07 Å². The van der Waals surface area contributed by atoms with Gasteiger partial charge in [-0.05, 0) is 24.7 Å². The van der Waals surface area contributed by atoms with E-state index in [4.69, 9.17) is 11.6 Å². The van der Waals surface area contributed by atoms with Crippen LogP contribution in [0.25, 0.3) is 0 Å². The Balaban J connectivity index is 1.96. The van der Waals surface area contributed by atoms with E-state index in [1.165, 1.54) is 6.07 Å². The molecular formula is C15H23ClFN3O. The van der Waals surface area contributed by atoms with Gasteiger partial charge < -0.3 is 20.2 Å². The number of nitrogens with zero attached hydrogens (tertiary/aromatic N) is 2. The molecule has 0 saturated carbocycles. The first-order valence-corrected chi connectivity index (χ1v) is 7.92. The number of aliphatic hydroxyl groups excluding tert-OH is 1. The number of alkyl halides is 1. The fourth-order valence-corrected chi connectivity index (χ4v) is 2.58. The fourth-order valence-electron chi connectivity index (χ4n) is 2.47. The lowest BCUT2D eigenvalue weighted by atomic mass is 10.2. The van der Waals surface area contributed by atoms with E-state index in [2.05, 4.69) is 22.0 Å². The van der Waals surface area contributed by atoms with E-state index >= 15 is 0 Å². The van der Waals surface area contributed by atoms with Gasteiger partial charge in [0.05, 0.1) is 17.7 Å². The van der Waals surface area contributed by atoms with Crippen molar-refractivity contribution in [3.05, 3.63) is 24.0 Å². The smallest absolute Gasteiger partial charge is 0.148 e. The van der Waals surface area contributed by atoms with Crippen LogP contribution in [-0.2, 0) is 0 Å². The number of anilines is 2. The molecule has 6 heteroatoms. The molecule has 1 unspecified atom stereocenters. The van der Waals surface area contributed by atoms with Gasteiger partial charge in [0.1, 0.15) is 5.82 Å². The normalized spacial score (nSPS) is 17.8. The Morgan fingerprint density at radius 2 is 2.05 bits per heavy atom. The zero-order valence-electron chi connectivity index (χ0n) is 12.4. The van der Waals surface area contributed by atoms with Gasteiger partial charge >= 0.3 is 0 Å². The molecule has 0 aliphatic carbocycles. The third kappa shape index (κ3) is 4.46. The van der Waals surface area contributed by atoms with Crippen LogP contribution in [-0.4, -0.2) is 61.3 Å². The van der Waals surface area contributed by atoms with E-state index in [1.54, 1.807) is 6.07 Å². The summed E-state index contributed by atoms with van der Waals surface area (Å²) in [6.07, 6.45) is -0.628. The van der Waals surface area contributed by atoms with Crippen LogP contribution in [0.2, 0.25) is 0 Å². The second-order valence-corrected chi connectivity index (χ2v) is 5.59. The second-order valence-electron chi connectivity index (χ2n) is 5.28. The van der Waals surface area contributed by atoms with E-state index in [0.717, 1.165) is 32.7 Å². The number of halogens is 2. The summed E-state index contributed by atoms with van der Waals surface area (Å²) in [6.45, 7) is 7.15. The highest BCUT2D eigenvalue weighted by atomic mass is 35.5. The van der Waals surface area contributed by atoms with Crippen molar-refractivity contribution in [1.29, 1.82) is 0 Å². The molecule has 1 atom stereocenters. The molecular weight excluding hydrogens is 293 g/mol. The Bertz CT molecular complexity index is 453. The van der Waals surface area contributed by atoms with Crippen molar-refractivity contribution >= 4 is 23.0 Å². The molecule has 4 nitrogen and oxygen atoms in total. The Kier molecular flexibility index (Phi) is 6.08. The number of benzene rings is 1. The van der Waals surface area contributed by atoms with Gasteiger partial charge in [-0.25, -0.2) is 4.39 Å². The molecule has 1 aliphatic heterocycles. The second kappa shape index (κ2) is 7.82. The topological polar surface area (TPSA) is 38.7 Å². The van der Waals surface area contributed by atoms with E-state index in [9.17, 15) is 9.50 Å². The van der Waals surface area contributed by atoms with Gasteiger partial charge in [-0.2, -0.15) is 0 Å². The predicted octanol–water partition coefficient (Wildman–Crippen LogP) is 1.98. The first-order chi connectivity index (χ1) is 10.1. The Hall–Kier alpha value is -1.04. The predicted molar refractivity (Wildman–Crippen MR) is 85.9 cm³/mol. The summed E-state index contributed by atoms with van der Waals surface area (Å²) in [4.78, 5) is 4.44. The monoisotopic (exact) mass is 315 g/mol. The maximum Gasteiger partial charge on any atom is 0.148 e. The largest absolute Gasteiger partial charge is 0.390 e. The molecule has 0 amide bonds. The highest BCUT2D eigenvalue weighted by molar-refractivity contribution is 6.18. The van der Waals surface area contributed by atoms with Gasteiger partial charge in [0.15, 0.2) is 0 Å². The molecule has 1 fully saturated rings. The molecule has 118 valence electrons. The van der Waals surface area contributed by atoms with Gasteiger partial charge in [0.2, 0.25) is 0 Å². The fraction of sp³-hybridized carbons (Fsp3) is 0.600. The van der Waals surface area contributed by atoms with Crippen molar-refractivity contribution in [3.8, 4) is 0 Å². The van der Waals surface area contributed by atoms with Crippen molar-refractivity contribution in [2.45, 2.75) is 13.0 Å². The molecule has 0 aromatic heterocycles. The lowest BCUT2D eigenvalue weighted by molar-refractivity contribution is 0.211. The number of likely N-dealkylation sites (N-methyl/N-ethyl adjacent to an activating group) is 1. The molecule has 0 bridgehead atoms. The van der Waals surface area contributed by atoms with Crippen LogP contribution in [0.15, 0.2) is 18.2 Å². The molecule has 21 heavy (non-hydrogen) atoms. The van der Waals surface area contributed by atoms with Crippen LogP contribution >= 0.6 is 11.6 Å². The summed E-state index contributed by atoms with van der Waals surface area (Å²) in [7, 11) is 0. The van der Waals surface area contributed by atoms with Gasteiger partial charge in [0, 0.05) is 38.4 Å². The zero-order valence-corrected chi connectivity index (χ0v) is 13.1. The summed E-state index contributed by atoms with van der Waals surface area (Å²) >= 11 is 5.53. The maximum absolute atomic E-state index is 14.2. The van der Waals surface area contributed by atoms with Gasteiger partial charge in [0.25, 0.3) is 0 Å². The van der Waals surface area contributed by atoms with Gasteiger partial charge in [-0.3, -0.25) is 0 Å². The van der Waals surface area contributed by atoms with Crippen LogP contribution in [0.4, 0.5) is 15.8 Å². The summed E-state index contributed by atoms with van der Waals surface area (Å²) < 4.78 is 14.2. The van der Waals surface area contributed by atoms with Crippen molar-refractivity contribution in [1.82, 2.24) is 4.90 Å². The molecule has 2 N–H and O–H groups in total. The highest BCUT2D eigenvalue weighted by Gasteiger charge is 2.18. The molecule has 1 heterocycles. The SMILES string of the molecule is CCN1CCN(c2ccc(NCC(O)CCl)cc2F)CC1. The van der Waals surface area contributed by atoms with E-state index in [-0.39, 0.29) is 11.7 Å². The number of rotatable bonds is 6. The first kappa shape index (κ1) is 16.3. The standard InChI is InChI=1S/C15H23ClFN3O/c1-2-19-5-7-20(8-6-19)15-4-3-12(9-14(15)17)18-11-13(21)10-16/h3-4,9,13,18,21H,2,5-8,10-11H2,1H3. The first-order valence-electron chi connectivity index (χ1n) is 7.38. The van der Waals surface area contributed by atoms with Gasteiger partial charge in [-0.1, -0.05) is 6.92 Å². The Morgan fingerprint density at radius 1 is 1.33 bits per heavy atom. The number of hydrogen-bond donors (Lipinski definition) is 2. The quantitative estimate of drug-likeness (QED) is 0.787. The minimum Gasteiger partial charge on any atom is -0.390 e. The van der Waals surface area contributed by atoms with Crippen LogP contribution < -0.4 is 10.2 Å². The molecule has 1 aliphatic rings. The van der Waals surface area contributed by atoms with Gasteiger partial charge in [-0.15, -0.1) is 11.6 Å². The summed E-state index contributed by atoms with van der Waals surface area (Å²) in [5.74, 6) is -0.0692. The lowest BCUT2D eigenvalue weighted by Gasteiger charge is -2.35. The number of piperazine rings is 1. The average Bonchev–Trinajstić information content (AvgIpc) is 2.53. The maximum atomic E-state index is 14.2. The van der Waals surface area contributed by atoms with Crippen LogP contribution in [0.3, 0.4) is 0 Å². The molecule has 1 aromatic carbocycles. The van der Waals surface area contributed by atoms with Crippen LogP contribution in [0.5, 0.6) is 0 Å². The van der Waals surface area contributed by atoms with Crippen LogP contribution in [0.1, 0.15) is 6.92 Å². The van der Waals surface area contributed by atoms with E-state index < -0.39 is 6.10 Å². The van der Waals surface area contributed by atoms with Crippen molar-refractivity contribution in [2.75, 3.05) is 55.4 Å². The Morgan fingerprint density at radius 3 is 2.62 bits per heavy atom. The van der Waals surface area contributed by atoms with Crippen LogP contribution in [0, 0.1) is 5.82 Å². The summed E-state index contributed by atoms with van der Waals surface area (Å²) in [6, 6.07) is 5.11. The molecule has 0 spiro atoms. The minimum absolute atomic E-state index is 0.162. The van der Waals surface area contributed by atoms with Crippen molar-refractivity contribution in [3.63, 3.8) is 0 Å². The highest BCUT2D eigenvalue weighted by Crippen LogP contribution is 2.24. The van der Waals surface area contributed by atoms with Crippen molar-refractivity contribution < 1.29 is 9.50 Å². The number of aliphatic hydroxyl groups is 1. The molecule has 2 rings (SSSR count). The summed E-state index contributed by atoms with van der Waals surface area (Å²) in [5, 5.41) is 12.4. The zero-order chi connectivity index (χ0) is 15.2. The average molecular weight is 316 g/mol. The minimum atomic E-state index is -0.628. The third-order valence-corrected chi connectivity index (χ3v) is 4.18. The summed E-state index contributed by atoms with van der Waals surface area (Å²) in [5.41, 5.74) is 1.31. The number of nitrogens with one attached hydrogen (secondary N) is 1. The van der Waals surface area contributed by atoms with E-state index in [0.29, 0.717) is 17.9 Å². The molecule has 1 aromatic rings.